The van der Waals surface area contributed by atoms with Gasteiger partial charge < -0.3 is 10.3 Å². The minimum absolute atomic E-state index is 0.553. The number of hydrogen-bond acceptors (Lipinski definition) is 5. The largest absolute Gasteiger partial charge is 0.338 e. The van der Waals surface area contributed by atoms with Crippen LogP contribution in [0.1, 0.15) is 36.7 Å². The Bertz CT molecular complexity index is 546. The lowest BCUT2D eigenvalue weighted by atomic mass is 10.1. The molecule has 0 amide bonds. The van der Waals surface area contributed by atoms with Gasteiger partial charge in [0.2, 0.25) is 5.89 Å². The lowest BCUT2D eigenvalue weighted by molar-refractivity contribution is 0.370. The molecule has 0 radical (unpaired) electrons. The predicted octanol–water partition coefficient (Wildman–Crippen LogP) is 3.01. The highest BCUT2D eigenvalue weighted by Gasteiger charge is 2.21. The molecule has 2 N–H and O–H groups in total. The first-order chi connectivity index (χ1) is 8.95. The Morgan fingerprint density at radius 3 is 2.74 bits per heavy atom. The number of rotatable bonds is 5. The van der Waals surface area contributed by atoms with E-state index in [2.05, 4.69) is 41.3 Å². The third-order valence-electron chi connectivity index (χ3n) is 2.62. The van der Waals surface area contributed by atoms with Gasteiger partial charge in [0, 0.05) is 5.75 Å². The van der Waals surface area contributed by atoms with Crippen LogP contribution in [0.4, 0.5) is 0 Å². The fourth-order valence-corrected chi connectivity index (χ4v) is 2.44. The van der Waals surface area contributed by atoms with Crippen molar-refractivity contribution in [2.24, 2.45) is 5.73 Å². The Kier molecular flexibility index (Phi) is 4.27. The fourth-order valence-electron chi connectivity index (χ4n) is 1.63. The number of hydrogen-bond donors (Lipinski definition) is 1. The highest BCUT2D eigenvalue weighted by molar-refractivity contribution is 7.97. The summed E-state index contributed by atoms with van der Waals surface area (Å²) >= 11 is 1.76. The second-order valence-electron chi connectivity index (χ2n) is 5.22. The Labute approximate surface area is 117 Å². The number of aryl methyl sites for hydroxylation is 1. The van der Waals surface area contributed by atoms with E-state index in [1.165, 1.54) is 11.1 Å². The first-order valence-electron chi connectivity index (χ1n) is 6.20. The van der Waals surface area contributed by atoms with Crippen LogP contribution in [0.5, 0.6) is 0 Å². The van der Waals surface area contributed by atoms with E-state index in [-0.39, 0.29) is 0 Å². The van der Waals surface area contributed by atoms with Crippen LogP contribution in [0.3, 0.4) is 0 Å². The molecule has 2 aromatic rings. The van der Waals surface area contributed by atoms with Crippen LogP contribution < -0.4 is 5.73 Å². The lowest BCUT2D eigenvalue weighted by Gasteiger charge is -2.11. The van der Waals surface area contributed by atoms with E-state index in [1.54, 1.807) is 11.8 Å². The molecular formula is C14H19N3OS. The van der Waals surface area contributed by atoms with Gasteiger partial charge >= 0.3 is 0 Å². The van der Waals surface area contributed by atoms with Crippen LogP contribution in [-0.2, 0) is 17.0 Å². The maximum absolute atomic E-state index is 5.91. The third kappa shape index (κ3) is 4.08. The van der Waals surface area contributed by atoms with E-state index in [4.69, 9.17) is 10.3 Å². The summed E-state index contributed by atoms with van der Waals surface area (Å²) in [5.41, 5.74) is 7.95. The number of thioether (sulfide) groups is 1. The van der Waals surface area contributed by atoms with Gasteiger partial charge in [-0.3, -0.25) is 0 Å². The number of nitrogens with zero attached hydrogens (tertiary/aromatic N) is 2. The molecule has 5 heteroatoms. The molecular weight excluding hydrogens is 258 g/mol. The molecule has 0 spiro atoms. The third-order valence-corrected chi connectivity index (χ3v) is 3.61. The van der Waals surface area contributed by atoms with E-state index in [1.807, 2.05) is 13.8 Å². The van der Waals surface area contributed by atoms with Crippen molar-refractivity contribution in [2.75, 3.05) is 0 Å². The molecule has 1 aromatic carbocycles. The van der Waals surface area contributed by atoms with Gasteiger partial charge in [-0.15, -0.1) is 11.8 Å². The van der Waals surface area contributed by atoms with Crippen molar-refractivity contribution < 1.29 is 4.52 Å². The Hall–Kier alpha value is -1.33. The molecule has 0 aliphatic heterocycles. The number of benzene rings is 1. The average Bonchev–Trinajstić information content (AvgIpc) is 2.77. The van der Waals surface area contributed by atoms with Gasteiger partial charge in [-0.1, -0.05) is 35.0 Å². The van der Waals surface area contributed by atoms with E-state index in [0.717, 1.165) is 5.75 Å². The van der Waals surface area contributed by atoms with Crippen LogP contribution >= 0.6 is 11.8 Å². The molecule has 0 saturated carbocycles. The molecule has 19 heavy (non-hydrogen) atoms. The maximum atomic E-state index is 5.91. The molecule has 0 fully saturated rings. The zero-order valence-electron chi connectivity index (χ0n) is 11.5. The maximum Gasteiger partial charge on any atom is 0.236 e. The van der Waals surface area contributed by atoms with Gasteiger partial charge in [-0.05, 0) is 26.3 Å². The molecule has 0 aliphatic rings. The minimum Gasteiger partial charge on any atom is -0.338 e. The topological polar surface area (TPSA) is 64.9 Å². The van der Waals surface area contributed by atoms with Gasteiger partial charge in [0.1, 0.15) is 0 Å². The summed E-state index contributed by atoms with van der Waals surface area (Å²) in [6.07, 6.45) is 0. The molecule has 0 saturated heterocycles. The van der Waals surface area contributed by atoms with E-state index in [9.17, 15) is 0 Å². The van der Waals surface area contributed by atoms with Crippen LogP contribution in [0.25, 0.3) is 0 Å². The van der Waals surface area contributed by atoms with Crippen molar-refractivity contribution in [2.45, 2.75) is 37.8 Å². The van der Waals surface area contributed by atoms with E-state index >= 15 is 0 Å². The molecule has 2 rings (SSSR count). The number of aromatic nitrogens is 2. The van der Waals surface area contributed by atoms with Crippen molar-refractivity contribution in [1.82, 2.24) is 10.1 Å². The standard InChI is InChI=1S/C14H19N3OS/c1-10-5-4-6-11(7-10)8-19-9-12-16-13(17-18-12)14(2,3)15/h4-7H,8-9,15H2,1-3H3. The summed E-state index contributed by atoms with van der Waals surface area (Å²) < 4.78 is 5.19. The molecule has 0 aliphatic carbocycles. The van der Waals surface area contributed by atoms with Gasteiger partial charge in [0.25, 0.3) is 0 Å². The Balaban J connectivity index is 1.88. The molecule has 0 atom stereocenters. The molecule has 0 bridgehead atoms. The molecule has 4 nitrogen and oxygen atoms in total. The van der Waals surface area contributed by atoms with E-state index < -0.39 is 5.54 Å². The zero-order valence-corrected chi connectivity index (χ0v) is 12.3. The lowest BCUT2D eigenvalue weighted by Crippen LogP contribution is -2.30. The van der Waals surface area contributed by atoms with Crippen molar-refractivity contribution in [3.63, 3.8) is 0 Å². The summed E-state index contributed by atoms with van der Waals surface area (Å²) in [5.74, 6) is 2.83. The molecule has 1 heterocycles. The Morgan fingerprint density at radius 2 is 2.11 bits per heavy atom. The smallest absolute Gasteiger partial charge is 0.236 e. The van der Waals surface area contributed by atoms with Crippen molar-refractivity contribution in [3.05, 3.63) is 47.1 Å². The normalized spacial score (nSPS) is 11.8. The summed E-state index contributed by atoms with van der Waals surface area (Å²) in [7, 11) is 0. The molecule has 1 aromatic heterocycles. The van der Waals surface area contributed by atoms with Crippen molar-refractivity contribution in [1.29, 1.82) is 0 Å². The monoisotopic (exact) mass is 277 g/mol. The first-order valence-corrected chi connectivity index (χ1v) is 7.36. The van der Waals surface area contributed by atoms with Crippen LogP contribution in [0, 0.1) is 6.92 Å². The minimum atomic E-state index is -0.553. The quantitative estimate of drug-likeness (QED) is 0.910. The SMILES string of the molecule is Cc1cccc(CSCc2nc(C(C)(C)N)no2)c1. The second kappa shape index (κ2) is 5.75. The zero-order chi connectivity index (χ0) is 13.9. The van der Waals surface area contributed by atoms with Crippen molar-refractivity contribution >= 4 is 11.8 Å². The fraction of sp³-hybridized carbons (Fsp3) is 0.429. The van der Waals surface area contributed by atoms with Gasteiger partial charge in [-0.25, -0.2) is 0 Å². The van der Waals surface area contributed by atoms with Crippen LogP contribution in [0.15, 0.2) is 28.8 Å². The molecule has 0 unspecified atom stereocenters. The highest BCUT2D eigenvalue weighted by Crippen LogP contribution is 2.19. The highest BCUT2D eigenvalue weighted by atomic mass is 32.2. The van der Waals surface area contributed by atoms with Gasteiger partial charge in [-0.2, -0.15) is 4.98 Å². The van der Waals surface area contributed by atoms with Gasteiger partial charge in [0.15, 0.2) is 5.82 Å². The van der Waals surface area contributed by atoms with Crippen molar-refractivity contribution in [3.8, 4) is 0 Å². The first kappa shape index (κ1) is 14.1. The Morgan fingerprint density at radius 1 is 1.32 bits per heavy atom. The second-order valence-corrected chi connectivity index (χ2v) is 6.20. The van der Waals surface area contributed by atoms with Crippen LogP contribution in [0.2, 0.25) is 0 Å². The summed E-state index contributed by atoms with van der Waals surface area (Å²) in [4.78, 5) is 4.31. The van der Waals surface area contributed by atoms with E-state index in [0.29, 0.717) is 17.5 Å². The predicted molar refractivity (Wildman–Crippen MR) is 77.7 cm³/mol. The number of nitrogens with two attached hydrogens (primary N) is 1. The summed E-state index contributed by atoms with van der Waals surface area (Å²) in [5, 5.41) is 3.90. The van der Waals surface area contributed by atoms with Gasteiger partial charge in [0.05, 0.1) is 11.3 Å². The molecule has 102 valence electrons. The van der Waals surface area contributed by atoms with Crippen LogP contribution in [-0.4, -0.2) is 10.1 Å². The summed E-state index contributed by atoms with van der Waals surface area (Å²) in [6.45, 7) is 5.82. The average molecular weight is 277 g/mol. The summed E-state index contributed by atoms with van der Waals surface area (Å²) in [6, 6.07) is 8.49.